The molecule has 23 heavy (non-hydrogen) atoms. The first-order valence-electron chi connectivity index (χ1n) is 7.76. The van der Waals surface area contributed by atoms with Crippen molar-refractivity contribution in [3.05, 3.63) is 23.8 Å². The Morgan fingerprint density at radius 2 is 1.87 bits per heavy atom. The molecule has 0 amide bonds. The molecule has 6 atom stereocenters. The molecule has 1 heterocycles. The highest BCUT2D eigenvalue weighted by Crippen LogP contribution is 2.22. The molecule has 134 valence electrons. The average Bonchev–Trinajstić information content (AvgIpc) is 2.55. The quantitative estimate of drug-likeness (QED) is 0.374. The summed E-state index contributed by atoms with van der Waals surface area (Å²) in [5.41, 5.74) is 0.867. The van der Waals surface area contributed by atoms with Crippen LogP contribution in [0.25, 0.3) is 0 Å². The van der Waals surface area contributed by atoms with E-state index < -0.39 is 37.3 Å². The van der Waals surface area contributed by atoms with Gasteiger partial charge in [-0.25, -0.2) is 0 Å². The second-order valence-corrected chi connectivity index (χ2v) is 5.97. The van der Waals surface area contributed by atoms with Crippen molar-refractivity contribution >= 4 is 0 Å². The normalized spacial score (nSPS) is 34.0. The summed E-state index contributed by atoms with van der Waals surface area (Å²) in [5.74, 6) is 0.140. The number of hydrogen-bond acceptors (Lipinski definition) is 7. The zero-order valence-corrected chi connectivity index (χ0v) is 13.6. The monoisotopic (exact) mass is 332 g/mol. The van der Waals surface area contributed by atoms with E-state index in [4.69, 9.17) is 19.7 Å². The molecule has 7 heteroatoms. The van der Waals surface area contributed by atoms with E-state index in [1.165, 1.54) is 0 Å². The summed E-state index contributed by atoms with van der Waals surface area (Å²) in [6.45, 7) is 3.63. The van der Waals surface area contributed by atoms with Gasteiger partial charge in [-0.2, -0.15) is 0 Å². The van der Waals surface area contributed by atoms with E-state index in [9.17, 15) is 15.3 Å². The molecule has 1 rings (SSSR count). The fourth-order valence-corrected chi connectivity index (χ4v) is 2.13. The van der Waals surface area contributed by atoms with Gasteiger partial charge < -0.3 is 35.0 Å². The lowest BCUT2D eigenvalue weighted by atomic mass is 9.99. The lowest BCUT2D eigenvalue weighted by Gasteiger charge is -2.39. The number of aliphatic hydroxyl groups is 5. The molecule has 5 N–H and O–H groups in total. The molecule has 0 aromatic rings. The molecule has 7 nitrogen and oxygen atoms in total. The smallest absolute Gasteiger partial charge is 0.186 e. The minimum Gasteiger partial charge on any atom is -0.394 e. The number of aliphatic hydroxyl groups excluding tert-OH is 5. The maximum Gasteiger partial charge on any atom is 0.186 e. The first-order valence-corrected chi connectivity index (χ1v) is 7.76. The Morgan fingerprint density at radius 1 is 1.17 bits per heavy atom. The van der Waals surface area contributed by atoms with Gasteiger partial charge >= 0.3 is 0 Å². The Kier molecular flexibility index (Phi) is 8.93. The fourth-order valence-electron chi connectivity index (χ4n) is 2.13. The van der Waals surface area contributed by atoms with Gasteiger partial charge in [-0.05, 0) is 24.8 Å². The third-order valence-corrected chi connectivity index (χ3v) is 3.70. The van der Waals surface area contributed by atoms with Crippen LogP contribution in [0.2, 0.25) is 0 Å². The Labute approximate surface area is 136 Å². The van der Waals surface area contributed by atoms with Crippen molar-refractivity contribution in [2.45, 2.75) is 51.0 Å². The molecule has 1 fully saturated rings. The van der Waals surface area contributed by atoms with Crippen LogP contribution in [0.4, 0.5) is 0 Å². The van der Waals surface area contributed by atoms with E-state index in [0.29, 0.717) is 0 Å². The van der Waals surface area contributed by atoms with Crippen molar-refractivity contribution in [2.75, 3.05) is 19.8 Å². The van der Waals surface area contributed by atoms with Crippen LogP contribution in [-0.4, -0.2) is 76.1 Å². The highest BCUT2D eigenvalue weighted by Gasteiger charge is 2.44. The van der Waals surface area contributed by atoms with Crippen molar-refractivity contribution in [2.24, 2.45) is 5.92 Å². The third-order valence-electron chi connectivity index (χ3n) is 3.70. The maximum atomic E-state index is 9.85. The fraction of sp³-hybridized carbons (Fsp3) is 0.750. The van der Waals surface area contributed by atoms with Gasteiger partial charge in [0.05, 0.1) is 19.8 Å². The Hall–Kier alpha value is -0.800. The zero-order chi connectivity index (χ0) is 17.4. The first-order chi connectivity index (χ1) is 10.9. The van der Waals surface area contributed by atoms with Gasteiger partial charge in [0.15, 0.2) is 6.29 Å². The van der Waals surface area contributed by atoms with Crippen molar-refractivity contribution in [1.29, 1.82) is 0 Å². The van der Waals surface area contributed by atoms with Crippen molar-refractivity contribution < 1.29 is 35.0 Å². The summed E-state index contributed by atoms with van der Waals surface area (Å²) in [6, 6.07) is 0. The second-order valence-electron chi connectivity index (χ2n) is 5.97. The summed E-state index contributed by atoms with van der Waals surface area (Å²) in [4.78, 5) is 0. The summed E-state index contributed by atoms with van der Waals surface area (Å²) in [6.07, 6.45) is 0.137. The van der Waals surface area contributed by atoms with Gasteiger partial charge in [0, 0.05) is 0 Å². The lowest BCUT2D eigenvalue weighted by molar-refractivity contribution is -0.302. The third kappa shape index (κ3) is 6.31. The van der Waals surface area contributed by atoms with Crippen LogP contribution in [0.5, 0.6) is 0 Å². The summed E-state index contributed by atoms with van der Waals surface area (Å²) >= 11 is 0. The van der Waals surface area contributed by atoms with Crippen LogP contribution in [0, 0.1) is 5.92 Å². The highest BCUT2D eigenvalue weighted by atomic mass is 16.7. The van der Waals surface area contributed by atoms with Gasteiger partial charge in [-0.15, -0.1) is 0 Å². The van der Waals surface area contributed by atoms with E-state index in [1.807, 2.05) is 32.1 Å². The van der Waals surface area contributed by atoms with E-state index in [2.05, 4.69) is 0 Å². The van der Waals surface area contributed by atoms with Crippen LogP contribution in [0.1, 0.15) is 20.3 Å². The van der Waals surface area contributed by atoms with Crippen LogP contribution in [-0.2, 0) is 9.47 Å². The van der Waals surface area contributed by atoms with Gasteiger partial charge in [-0.1, -0.05) is 25.2 Å². The van der Waals surface area contributed by atoms with E-state index in [0.717, 1.165) is 12.0 Å². The van der Waals surface area contributed by atoms with Gasteiger partial charge in [0.1, 0.15) is 24.4 Å². The predicted octanol–water partition coefficient (Wildman–Crippen LogP) is -0.676. The molecule has 1 aliphatic heterocycles. The van der Waals surface area contributed by atoms with Crippen molar-refractivity contribution in [3.63, 3.8) is 0 Å². The SMILES string of the molecule is CC(=CC=CCC(C)COC1OC(CO)C(O)C(O)C1O)CO. The minimum atomic E-state index is -1.42. The molecular weight excluding hydrogens is 304 g/mol. The standard InChI is InChI=1S/C16H28O7/c1-10(7-17)5-3-4-6-11(2)9-22-16-15(21)14(20)13(19)12(8-18)23-16/h3-5,11-21H,6-9H2,1-2H3. The van der Waals surface area contributed by atoms with Crippen LogP contribution in [0.3, 0.4) is 0 Å². The summed E-state index contributed by atoms with van der Waals surface area (Å²) in [5, 5.41) is 47.2. The molecule has 0 aromatic heterocycles. The van der Waals surface area contributed by atoms with Crippen molar-refractivity contribution in [1.82, 2.24) is 0 Å². The molecule has 1 aliphatic rings. The number of rotatable bonds is 8. The molecule has 0 aromatic carbocycles. The Balaban J connectivity index is 2.41. The highest BCUT2D eigenvalue weighted by molar-refractivity contribution is 5.10. The summed E-state index contributed by atoms with van der Waals surface area (Å²) in [7, 11) is 0. The maximum absolute atomic E-state index is 9.85. The molecule has 0 radical (unpaired) electrons. The van der Waals surface area contributed by atoms with Crippen molar-refractivity contribution in [3.8, 4) is 0 Å². The van der Waals surface area contributed by atoms with E-state index in [1.54, 1.807) is 0 Å². The van der Waals surface area contributed by atoms with Crippen LogP contribution >= 0.6 is 0 Å². The van der Waals surface area contributed by atoms with E-state index >= 15 is 0 Å². The Morgan fingerprint density at radius 3 is 2.48 bits per heavy atom. The molecule has 0 saturated carbocycles. The molecule has 6 unspecified atom stereocenters. The van der Waals surface area contributed by atoms with Crippen LogP contribution < -0.4 is 0 Å². The van der Waals surface area contributed by atoms with Gasteiger partial charge in [0.2, 0.25) is 0 Å². The predicted molar refractivity (Wildman–Crippen MR) is 83.5 cm³/mol. The first kappa shape index (κ1) is 20.2. The molecule has 0 aliphatic carbocycles. The largest absolute Gasteiger partial charge is 0.394 e. The molecule has 0 bridgehead atoms. The second kappa shape index (κ2) is 10.1. The van der Waals surface area contributed by atoms with Gasteiger partial charge in [-0.3, -0.25) is 0 Å². The van der Waals surface area contributed by atoms with Gasteiger partial charge in [0.25, 0.3) is 0 Å². The van der Waals surface area contributed by atoms with E-state index in [-0.39, 0.29) is 19.1 Å². The number of ether oxygens (including phenoxy) is 2. The minimum absolute atomic E-state index is 0.0279. The average molecular weight is 332 g/mol. The molecule has 1 saturated heterocycles. The summed E-state index contributed by atoms with van der Waals surface area (Å²) < 4.78 is 10.7. The van der Waals surface area contributed by atoms with Crippen LogP contribution in [0.15, 0.2) is 23.8 Å². The topological polar surface area (TPSA) is 120 Å². The lowest BCUT2D eigenvalue weighted by Crippen LogP contribution is -2.59. The zero-order valence-electron chi connectivity index (χ0n) is 13.6. The Bertz CT molecular complexity index is 394. The number of hydrogen-bond donors (Lipinski definition) is 5. The molecule has 0 spiro atoms. The number of allylic oxidation sites excluding steroid dienone is 3. The molecular formula is C16H28O7.